The van der Waals surface area contributed by atoms with Crippen LogP contribution in [0.3, 0.4) is 0 Å². The predicted octanol–water partition coefficient (Wildman–Crippen LogP) is 2.27. The number of hydrogen-bond acceptors (Lipinski definition) is 7. The number of ketones is 2. The molecular formula is C28H36O7. The van der Waals surface area contributed by atoms with E-state index in [4.69, 9.17) is 4.74 Å². The average molecular weight is 485 g/mol. The van der Waals surface area contributed by atoms with Gasteiger partial charge in [0, 0.05) is 16.9 Å². The molecule has 7 heteroatoms. The highest BCUT2D eigenvalue weighted by atomic mass is 16.6. The topological polar surface area (TPSA) is 121 Å². The summed E-state index contributed by atoms with van der Waals surface area (Å²) in [5, 5.41) is 36.0. The summed E-state index contributed by atoms with van der Waals surface area (Å²) in [7, 11) is 0. The van der Waals surface area contributed by atoms with Crippen LogP contribution in [0.4, 0.5) is 0 Å². The first-order chi connectivity index (χ1) is 16.2. The Balaban J connectivity index is 1.62. The minimum Gasteiger partial charge on any atom is -0.440 e. The summed E-state index contributed by atoms with van der Waals surface area (Å²) in [6.07, 6.45) is 4.05. The Hall–Kier alpha value is -1.83. The van der Waals surface area contributed by atoms with Crippen LogP contribution in [0.1, 0.15) is 66.7 Å². The van der Waals surface area contributed by atoms with Gasteiger partial charge in [-0.3, -0.25) is 9.59 Å². The van der Waals surface area contributed by atoms with Crippen LogP contribution in [0.5, 0.6) is 0 Å². The van der Waals surface area contributed by atoms with Gasteiger partial charge in [0.05, 0.1) is 11.5 Å². The van der Waals surface area contributed by atoms with Crippen LogP contribution in [-0.4, -0.2) is 55.8 Å². The molecule has 5 aliphatic carbocycles. The molecule has 0 amide bonds. The van der Waals surface area contributed by atoms with Gasteiger partial charge in [-0.2, -0.15) is 0 Å². The van der Waals surface area contributed by atoms with E-state index in [0.717, 1.165) is 12.8 Å². The van der Waals surface area contributed by atoms with Crippen molar-refractivity contribution in [1.29, 1.82) is 0 Å². The van der Waals surface area contributed by atoms with Crippen molar-refractivity contribution in [1.82, 2.24) is 0 Å². The molecule has 6 rings (SSSR count). The Morgan fingerprint density at radius 2 is 1.69 bits per heavy atom. The summed E-state index contributed by atoms with van der Waals surface area (Å²) in [5.41, 5.74) is -6.48. The summed E-state index contributed by atoms with van der Waals surface area (Å²) in [5.74, 6) is -2.32. The van der Waals surface area contributed by atoms with Gasteiger partial charge in [0.2, 0.25) is 5.60 Å². The number of allylic oxidation sites excluding steroid dienone is 1. The van der Waals surface area contributed by atoms with Crippen LogP contribution in [-0.2, 0) is 19.1 Å². The van der Waals surface area contributed by atoms with E-state index in [1.54, 1.807) is 26.8 Å². The third kappa shape index (κ3) is 2.13. The highest BCUT2D eigenvalue weighted by Gasteiger charge is 2.83. The summed E-state index contributed by atoms with van der Waals surface area (Å²) in [6, 6.07) is 0. The van der Waals surface area contributed by atoms with Gasteiger partial charge >= 0.3 is 5.97 Å². The van der Waals surface area contributed by atoms with Gasteiger partial charge in [-0.05, 0) is 88.2 Å². The van der Waals surface area contributed by atoms with E-state index in [1.807, 2.05) is 13.8 Å². The molecule has 1 aliphatic heterocycles. The molecule has 1 spiro atoms. The summed E-state index contributed by atoms with van der Waals surface area (Å²) >= 11 is 0. The molecule has 4 fully saturated rings. The van der Waals surface area contributed by atoms with E-state index in [-0.39, 0.29) is 42.2 Å². The fourth-order valence-corrected chi connectivity index (χ4v) is 10.2. The fourth-order valence-electron chi connectivity index (χ4n) is 10.2. The van der Waals surface area contributed by atoms with E-state index in [2.05, 4.69) is 0 Å². The van der Waals surface area contributed by atoms with Crippen LogP contribution in [0, 0.1) is 40.4 Å². The fraction of sp³-hybridized carbons (Fsp3) is 0.750. The zero-order valence-corrected chi connectivity index (χ0v) is 21.1. The minimum atomic E-state index is -1.80. The van der Waals surface area contributed by atoms with Gasteiger partial charge in [-0.25, -0.2) is 4.79 Å². The van der Waals surface area contributed by atoms with E-state index in [1.165, 1.54) is 6.08 Å². The molecule has 11 unspecified atom stereocenters. The summed E-state index contributed by atoms with van der Waals surface area (Å²) in [4.78, 5) is 40.5. The van der Waals surface area contributed by atoms with E-state index < -0.39 is 51.5 Å². The SMILES string of the molecule is CC1=C(C)C2(OC1=O)C(=O)C(C)C1CCC3C4CC(O)C5(O)CC=CC(=O)C5(C)C4CC2(O)C13C. The molecule has 0 bridgehead atoms. The maximum Gasteiger partial charge on any atom is 0.335 e. The first-order valence-electron chi connectivity index (χ1n) is 13.0. The second-order valence-electron chi connectivity index (χ2n) is 12.7. The third-order valence-electron chi connectivity index (χ3n) is 12.3. The molecule has 35 heavy (non-hydrogen) atoms. The normalized spacial score (nSPS) is 56.7. The molecule has 4 saturated carbocycles. The highest BCUT2D eigenvalue weighted by molar-refractivity contribution is 6.05. The van der Waals surface area contributed by atoms with Crippen LogP contribution in [0.2, 0.25) is 0 Å². The molecule has 190 valence electrons. The lowest BCUT2D eigenvalue weighted by atomic mass is 9.35. The van der Waals surface area contributed by atoms with Gasteiger partial charge in [-0.15, -0.1) is 0 Å². The number of rotatable bonds is 0. The van der Waals surface area contributed by atoms with Crippen molar-refractivity contribution in [2.45, 2.75) is 89.6 Å². The van der Waals surface area contributed by atoms with Crippen LogP contribution in [0.25, 0.3) is 0 Å². The van der Waals surface area contributed by atoms with Crippen molar-refractivity contribution in [3.63, 3.8) is 0 Å². The number of esters is 1. The lowest BCUT2D eigenvalue weighted by Gasteiger charge is -2.70. The third-order valence-corrected chi connectivity index (χ3v) is 12.3. The van der Waals surface area contributed by atoms with Crippen molar-refractivity contribution >= 4 is 17.5 Å². The van der Waals surface area contributed by atoms with Crippen molar-refractivity contribution in [2.75, 3.05) is 0 Å². The molecule has 0 aromatic rings. The Morgan fingerprint density at radius 3 is 2.31 bits per heavy atom. The highest BCUT2D eigenvalue weighted by Crippen LogP contribution is 2.75. The Bertz CT molecular complexity index is 1140. The summed E-state index contributed by atoms with van der Waals surface area (Å²) < 4.78 is 5.96. The van der Waals surface area contributed by atoms with Gasteiger partial charge < -0.3 is 20.1 Å². The number of aliphatic hydroxyl groups is 3. The lowest BCUT2D eigenvalue weighted by molar-refractivity contribution is -0.302. The number of carbonyl (C=O) groups excluding carboxylic acids is 3. The van der Waals surface area contributed by atoms with Crippen molar-refractivity contribution in [3.05, 3.63) is 23.3 Å². The molecule has 1 heterocycles. The number of ether oxygens (including phenoxy) is 1. The number of hydrogen-bond donors (Lipinski definition) is 3. The van der Waals surface area contributed by atoms with Gasteiger partial charge in [0.15, 0.2) is 11.6 Å². The molecule has 0 saturated heterocycles. The lowest BCUT2D eigenvalue weighted by Crippen LogP contribution is -2.80. The molecule has 6 aliphatic rings. The van der Waals surface area contributed by atoms with Crippen molar-refractivity contribution in [2.24, 2.45) is 40.4 Å². The second kappa shape index (κ2) is 6.53. The maximum absolute atomic E-state index is 14.1. The first-order valence-corrected chi connectivity index (χ1v) is 13.0. The van der Waals surface area contributed by atoms with Gasteiger partial charge in [0.1, 0.15) is 11.2 Å². The average Bonchev–Trinajstić information content (AvgIpc) is 3.28. The molecular weight excluding hydrogens is 448 g/mol. The molecule has 3 N–H and O–H groups in total. The largest absolute Gasteiger partial charge is 0.440 e. The quantitative estimate of drug-likeness (QED) is 0.451. The van der Waals surface area contributed by atoms with Crippen LogP contribution in [0.15, 0.2) is 23.3 Å². The van der Waals surface area contributed by atoms with E-state index >= 15 is 0 Å². The minimum absolute atomic E-state index is 0.0443. The van der Waals surface area contributed by atoms with Gasteiger partial charge in [0.25, 0.3) is 0 Å². The van der Waals surface area contributed by atoms with E-state index in [0.29, 0.717) is 17.6 Å². The van der Waals surface area contributed by atoms with E-state index in [9.17, 15) is 29.7 Å². The van der Waals surface area contributed by atoms with Gasteiger partial charge in [-0.1, -0.05) is 19.9 Å². The molecule has 11 atom stereocenters. The smallest absolute Gasteiger partial charge is 0.335 e. The zero-order chi connectivity index (χ0) is 25.5. The van der Waals surface area contributed by atoms with Crippen molar-refractivity contribution < 1.29 is 34.4 Å². The Kier molecular flexibility index (Phi) is 4.40. The molecule has 0 radical (unpaired) electrons. The molecule has 0 aromatic carbocycles. The first kappa shape index (κ1) is 23.6. The molecule has 7 nitrogen and oxygen atoms in total. The number of carbonyl (C=O) groups is 3. The standard InChI is InChI=1S/C28H36O7/c1-13-15(3)28(35-23(13)32)22(31)14(2)17-8-9-18-16-11-21(30)26(33)10-6-7-20(29)25(26,5)19(16)12-27(28,34)24(17,18)4/h6-7,14,16-19,21,30,33-34H,8-12H2,1-5H3. The van der Waals surface area contributed by atoms with Crippen LogP contribution >= 0.6 is 0 Å². The number of fused-ring (bicyclic) bond motifs is 5. The van der Waals surface area contributed by atoms with Crippen molar-refractivity contribution in [3.8, 4) is 0 Å². The Labute approximate surface area is 205 Å². The van der Waals surface area contributed by atoms with Crippen LogP contribution < -0.4 is 0 Å². The summed E-state index contributed by atoms with van der Waals surface area (Å²) in [6.45, 7) is 8.97. The number of Topliss-reactive ketones (excluding diaryl/α,β-unsaturated/α-hetero) is 1. The Morgan fingerprint density at radius 1 is 1.03 bits per heavy atom. The monoisotopic (exact) mass is 484 g/mol. The molecule has 0 aromatic heterocycles. The number of aliphatic hydroxyl groups excluding tert-OH is 1. The predicted molar refractivity (Wildman–Crippen MR) is 125 cm³/mol. The maximum atomic E-state index is 14.1. The second-order valence-corrected chi connectivity index (χ2v) is 12.7. The zero-order valence-electron chi connectivity index (χ0n) is 21.1.